The van der Waals surface area contributed by atoms with E-state index in [4.69, 9.17) is 0 Å². The molecule has 1 aromatic heterocycles. The van der Waals surface area contributed by atoms with E-state index in [1.54, 1.807) is 10.9 Å². The van der Waals surface area contributed by atoms with Crippen LogP contribution < -0.4 is 5.32 Å². The number of anilines is 1. The Morgan fingerprint density at radius 2 is 1.79 bits per heavy atom. The van der Waals surface area contributed by atoms with Crippen LogP contribution in [-0.2, 0) is 11.2 Å². The van der Waals surface area contributed by atoms with E-state index >= 15 is 0 Å². The van der Waals surface area contributed by atoms with Crippen molar-refractivity contribution in [2.24, 2.45) is 0 Å². The second-order valence-electron chi connectivity index (χ2n) is 6.10. The van der Waals surface area contributed by atoms with Crippen LogP contribution >= 0.6 is 0 Å². The maximum atomic E-state index is 12.4. The monoisotopic (exact) mass is 319 g/mol. The van der Waals surface area contributed by atoms with E-state index in [1.807, 2.05) is 60.8 Å². The molecule has 1 heterocycles. The molecule has 0 atom stereocenters. The van der Waals surface area contributed by atoms with Gasteiger partial charge in [0.15, 0.2) is 0 Å². The molecule has 122 valence electrons. The summed E-state index contributed by atoms with van der Waals surface area (Å²) in [6.45, 7) is 4.24. The fourth-order valence-electron chi connectivity index (χ4n) is 2.67. The summed E-state index contributed by atoms with van der Waals surface area (Å²) in [5.74, 6) is 0.332. The highest BCUT2D eigenvalue weighted by Crippen LogP contribution is 2.23. The van der Waals surface area contributed by atoms with Crippen LogP contribution in [0.15, 0.2) is 67.0 Å². The van der Waals surface area contributed by atoms with Crippen LogP contribution in [0.3, 0.4) is 0 Å². The number of hydrogen-bond donors (Lipinski definition) is 1. The molecule has 0 unspecified atom stereocenters. The van der Waals surface area contributed by atoms with Crippen LogP contribution in [0.4, 0.5) is 5.69 Å². The third-order valence-electron chi connectivity index (χ3n) is 3.88. The molecular weight excluding hydrogens is 298 g/mol. The van der Waals surface area contributed by atoms with Crippen LogP contribution in [0, 0.1) is 0 Å². The molecule has 4 heteroatoms. The molecule has 0 saturated carbocycles. The summed E-state index contributed by atoms with van der Waals surface area (Å²) in [7, 11) is 0. The average Bonchev–Trinajstić information content (AvgIpc) is 3.04. The number of carbonyl (C=O) groups excluding carboxylic acids is 1. The zero-order valence-electron chi connectivity index (χ0n) is 13.9. The average molecular weight is 319 g/mol. The van der Waals surface area contributed by atoms with Gasteiger partial charge < -0.3 is 5.32 Å². The highest BCUT2D eigenvalue weighted by molar-refractivity contribution is 5.93. The van der Waals surface area contributed by atoms with Crippen LogP contribution in [0.25, 0.3) is 5.69 Å². The second-order valence-corrected chi connectivity index (χ2v) is 6.10. The minimum atomic E-state index is -0.0317. The Morgan fingerprint density at radius 1 is 1.08 bits per heavy atom. The SMILES string of the molecule is CC(C)c1ccccc1NC(=O)Cc1cnn(-c2ccccc2)c1. The number of nitrogens with zero attached hydrogens (tertiary/aromatic N) is 2. The number of rotatable bonds is 5. The van der Waals surface area contributed by atoms with Gasteiger partial charge in [0.25, 0.3) is 0 Å². The fourth-order valence-corrected chi connectivity index (χ4v) is 2.67. The Labute approximate surface area is 142 Å². The molecule has 0 aliphatic carbocycles. The number of nitrogens with one attached hydrogen (secondary N) is 1. The van der Waals surface area contributed by atoms with Gasteiger partial charge in [-0.2, -0.15) is 5.10 Å². The lowest BCUT2D eigenvalue weighted by atomic mass is 10.0. The minimum Gasteiger partial charge on any atom is -0.326 e. The lowest BCUT2D eigenvalue weighted by Crippen LogP contribution is -2.15. The zero-order valence-corrected chi connectivity index (χ0v) is 13.9. The van der Waals surface area contributed by atoms with E-state index in [2.05, 4.69) is 24.3 Å². The van der Waals surface area contributed by atoms with E-state index in [1.165, 1.54) is 0 Å². The molecule has 0 fully saturated rings. The molecule has 0 aliphatic rings. The van der Waals surface area contributed by atoms with Gasteiger partial charge in [0, 0.05) is 11.9 Å². The van der Waals surface area contributed by atoms with Gasteiger partial charge in [0.05, 0.1) is 18.3 Å². The molecule has 1 amide bonds. The smallest absolute Gasteiger partial charge is 0.228 e. The normalized spacial score (nSPS) is 10.8. The molecule has 1 N–H and O–H groups in total. The number of benzene rings is 2. The molecule has 0 spiro atoms. The Hall–Kier alpha value is -2.88. The fraction of sp³-hybridized carbons (Fsp3) is 0.200. The molecule has 24 heavy (non-hydrogen) atoms. The molecule has 3 aromatic rings. The van der Waals surface area contributed by atoms with Crippen LogP contribution in [-0.4, -0.2) is 15.7 Å². The first-order valence-corrected chi connectivity index (χ1v) is 8.11. The summed E-state index contributed by atoms with van der Waals surface area (Å²) in [6, 6.07) is 17.8. The van der Waals surface area contributed by atoms with Crippen molar-refractivity contribution in [3.8, 4) is 5.69 Å². The molecule has 0 saturated heterocycles. The zero-order chi connectivity index (χ0) is 16.9. The van der Waals surface area contributed by atoms with Crippen molar-refractivity contribution in [2.75, 3.05) is 5.32 Å². The Kier molecular flexibility index (Phi) is 4.75. The van der Waals surface area contributed by atoms with E-state index in [-0.39, 0.29) is 5.91 Å². The summed E-state index contributed by atoms with van der Waals surface area (Å²) >= 11 is 0. The predicted molar refractivity (Wildman–Crippen MR) is 96.4 cm³/mol. The highest BCUT2D eigenvalue weighted by atomic mass is 16.1. The van der Waals surface area contributed by atoms with Crippen molar-refractivity contribution in [3.05, 3.63) is 78.1 Å². The van der Waals surface area contributed by atoms with Crippen molar-refractivity contribution < 1.29 is 4.79 Å². The van der Waals surface area contributed by atoms with Crippen LogP contribution in [0.1, 0.15) is 30.9 Å². The highest BCUT2D eigenvalue weighted by Gasteiger charge is 2.11. The number of hydrogen-bond acceptors (Lipinski definition) is 2. The van der Waals surface area contributed by atoms with Crippen LogP contribution in [0.5, 0.6) is 0 Å². The maximum absolute atomic E-state index is 12.4. The lowest BCUT2D eigenvalue weighted by Gasteiger charge is -2.13. The first-order chi connectivity index (χ1) is 11.6. The third-order valence-corrected chi connectivity index (χ3v) is 3.88. The van der Waals surface area contributed by atoms with E-state index < -0.39 is 0 Å². The lowest BCUT2D eigenvalue weighted by molar-refractivity contribution is -0.115. The number of carbonyl (C=O) groups is 1. The Bertz CT molecular complexity index is 822. The molecule has 0 bridgehead atoms. The summed E-state index contributed by atoms with van der Waals surface area (Å²) in [5.41, 5.74) is 3.89. The number of para-hydroxylation sites is 2. The van der Waals surface area contributed by atoms with Crippen molar-refractivity contribution >= 4 is 11.6 Å². The van der Waals surface area contributed by atoms with Gasteiger partial charge in [-0.05, 0) is 35.2 Å². The van der Waals surface area contributed by atoms with Crippen molar-refractivity contribution in [3.63, 3.8) is 0 Å². The number of aromatic nitrogens is 2. The Morgan fingerprint density at radius 3 is 2.54 bits per heavy atom. The van der Waals surface area contributed by atoms with Crippen molar-refractivity contribution in [2.45, 2.75) is 26.2 Å². The summed E-state index contributed by atoms with van der Waals surface area (Å²) in [5, 5.41) is 7.34. The summed E-state index contributed by atoms with van der Waals surface area (Å²) in [4.78, 5) is 12.4. The van der Waals surface area contributed by atoms with Gasteiger partial charge >= 0.3 is 0 Å². The minimum absolute atomic E-state index is 0.0317. The largest absolute Gasteiger partial charge is 0.326 e. The quantitative estimate of drug-likeness (QED) is 0.767. The first kappa shape index (κ1) is 16.0. The van der Waals surface area contributed by atoms with E-state index in [0.717, 1.165) is 22.5 Å². The Balaban J connectivity index is 1.69. The van der Waals surface area contributed by atoms with Gasteiger partial charge in [0.2, 0.25) is 5.91 Å². The topological polar surface area (TPSA) is 46.9 Å². The first-order valence-electron chi connectivity index (χ1n) is 8.11. The summed E-state index contributed by atoms with van der Waals surface area (Å²) < 4.78 is 1.78. The molecular formula is C20H21N3O. The van der Waals surface area contributed by atoms with Gasteiger partial charge in [-0.15, -0.1) is 0 Å². The van der Waals surface area contributed by atoms with Gasteiger partial charge in [-0.1, -0.05) is 50.2 Å². The molecule has 3 rings (SSSR count). The van der Waals surface area contributed by atoms with Gasteiger partial charge in [-0.3, -0.25) is 4.79 Å². The number of amides is 1. The van der Waals surface area contributed by atoms with E-state index in [0.29, 0.717) is 12.3 Å². The maximum Gasteiger partial charge on any atom is 0.228 e. The molecule has 0 radical (unpaired) electrons. The molecule has 0 aliphatic heterocycles. The molecule has 4 nitrogen and oxygen atoms in total. The van der Waals surface area contributed by atoms with Gasteiger partial charge in [-0.25, -0.2) is 4.68 Å². The van der Waals surface area contributed by atoms with E-state index in [9.17, 15) is 4.79 Å². The molecule has 2 aromatic carbocycles. The van der Waals surface area contributed by atoms with Crippen molar-refractivity contribution in [1.82, 2.24) is 9.78 Å². The van der Waals surface area contributed by atoms with Crippen molar-refractivity contribution in [1.29, 1.82) is 0 Å². The summed E-state index contributed by atoms with van der Waals surface area (Å²) in [6.07, 6.45) is 3.93. The van der Waals surface area contributed by atoms with Gasteiger partial charge in [0.1, 0.15) is 0 Å². The second kappa shape index (κ2) is 7.13. The van der Waals surface area contributed by atoms with Crippen LogP contribution in [0.2, 0.25) is 0 Å². The predicted octanol–water partition coefficient (Wildman–Crippen LogP) is 4.18. The standard InChI is InChI=1S/C20H21N3O/c1-15(2)18-10-6-7-11-19(18)22-20(24)12-16-13-21-23(14-16)17-8-4-3-5-9-17/h3-11,13-15H,12H2,1-2H3,(H,22,24). The third kappa shape index (κ3) is 3.71.